The number of piperazine rings is 1. The molecule has 1 amide bonds. The minimum absolute atomic E-state index is 0.133. The Morgan fingerprint density at radius 2 is 1.96 bits per heavy atom. The van der Waals surface area contributed by atoms with Crippen molar-refractivity contribution in [3.05, 3.63) is 53.7 Å². The van der Waals surface area contributed by atoms with E-state index in [-0.39, 0.29) is 12.0 Å². The van der Waals surface area contributed by atoms with Crippen LogP contribution in [0.5, 0.6) is 11.6 Å². The number of benzene rings is 1. The first-order valence-corrected chi connectivity index (χ1v) is 10.0. The van der Waals surface area contributed by atoms with Gasteiger partial charge in [0.1, 0.15) is 6.61 Å². The SMILES string of the molecule is CC(=O)N1CC2CC[C@H]1CN2Cc1ccc([C@H]2COc3cccnc3O2)cc1. The summed E-state index contributed by atoms with van der Waals surface area (Å²) in [6, 6.07) is 13.2. The van der Waals surface area contributed by atoms with Gasteiger partial charge in [-0.25, -0.2) is 4.98 Å². The van der Waals surface area contributed by atoms with Gasteiger partial charge in [0, 0.05) is 44.8 Å². The number of hydrogen-bond acceptors (Lipinski definition) is 5. The molecule has 3 saturated heterocycles. The molecule has 146 valence electrons. The van der Waals surface area contributed by atoms with E-state index in [0.29, 0.717) is 30.3 Å². The number of fused-ring (bicyclic) bond motifs is 4. The maximum atomic E-state index is 11.8. The maximum Gasteiger partial charge on any atom is 0.257 e. The lowest BCUT2D eigenvalue weighted by Gasteiger charge is -2.51. The normalized spacial score (nSPS) is 26.3. The van der Waals surface area contributed by atoms with Crippen molar-refractivity contribution in [2.45, 2.75) is 44.5 Å². The molecule has 3 fully saturated rings. The number of ether oxygens (including phenoxy) is 2. The molecule has 4 aliphatic heterocycles. The summed E-state index contributed by atoms with van der Waals surface area (Å²) in [5.74, 6) is 1.47. The summed E-state index contributed by atoms with van der Waals surface area (Å²) < 4.78 is 11.8. The van der Waals surface area contributed by atoms with Crippen LogP contribution in [-0.4, -0.2) is 52.5 Å². The summed E-state index contributed by atoms with van der Waals surface area (Å²) >= 11 is 0. The predicted molar refractivity (Wildman–Crippen MR) is 104 cm³/mol. The fourth-order valence-electron chi connectivity index (χ4n) is 4.64. The Morgan fingerprint density at radius 3 is 2.71 bits per heavy atom. The van der Waals surface area contributed by atoms with Crippen LogP contribution in [0, 0.1) is 0 Å². The van der Waals surface area contributed by atoms with Crippen LogP contribution in [0.3, 0.4) is 0 Å². The van der Waals surface area contributed by atoms with Crippen molar-refractivity contribution < 1.29 is 14.3 Å². The monoisotopic (exact) mass is 379 g/mol. The molecular formula is C22H25N3O3. The molecule has 0 spiro atoms. The minimum atomic E-state index is -0.133. The first-order chi connectivity index (χ1) is 13.7. The number of carbonyl (C=O) groups excluding carboxylic acids is 1. The summed E-state index contributed by atoms with van der Waals surface area (Å²) in [7, 11) is 0. The van der Waals surface area contributed by atoms with Gasteiger partial charge in [-0.15, -0.1) is 0 Å². The highest BCUT2D eigenvalue weighted by molar-refractivity contribution is 5.74. The summed E-state index contributed by atoms with van der Waals surface area (Å²) in [5.41, 5.74) is 2.39. The fraction of sp³-hybridized carbons (Fsp3) is 0.455. The minimum Gasteiger partial charge on any atom is -0.484 e. The topological polar surface area (TPSA) is 54.9 Å². The Hall–Kier alpha value is -2.60. The van der Waals surface area contributed by atoms with Crippen molar-refractivity contribution in [2.24, 2.45) is 0 Å². The van der Waals surface area contributed by atoms with E-state index in [2.05, 4.69) is 39.0 Å². The molecule has 5 heterocycles. The van der Waals surface area contributed by atoms with Gasteiger partial charge in [0.05, 0.1) is 0 Å². The van der Waals surface area contributed by atoms with Crippen molar-refractivity contribution in [3.8, 4) is 11.6 Å². The van der Waals surface area contributed by atoms with Gasteiger partial charge in [0.15, 0.2) is 11.9 Å². The molecule has 2 bridgehead atoms. The molecule has 4 aliphatic rings. The first kappa shape index (κ1) is 17.5. The molecule has 6 heteroatoms. The van der Waals surface area contributed by atoms with Crippen molar-refractivity contribution >= 4 is 5.91 Å². The highest BCUT2D eigenvalue weighted by Crippen LogP contribution is 2.34. The third-order valence-electron chi connectivity index (χ3n) is 6.16. The summed E-state index contributed by atoms with van der Waals surface area (Å²) in [6.45, 7) is 4.97. The molecule has 2 aromatic rings. The Morgan fingerprint density at radius 1 is 1.14 bits per heavy atom. The van der Waals surface area contributed by atoms with Crippen LogP contribution >= 0.6 is 0 Å². The number of piperidine rings is 2. The standard InChI is InChI=1S/C22H25N3O3/c1-15(26)25-13-18-8-9-19(25)12-24(18)11-16-4-6-17(7-5-16)21-14-27-20-3-2-10-23-22(20)28-21/h2-7,10,18-19,21H,8-9,11-14H2,1H3/t18?,19-,21+/m0/s1. The maximum absolute atomic E-state index is 11.8. The Kier molecular flexibility index (Phi) is 4.43. The Balaban J connectivity index is 1.24. The van der Waals surface area contributed by atoms with Gasteiger partial charge < -0.3 is 14.4 Å². The van der Waals surface area contributed by atoms with E-state index in [9.17, 15) is 4.79 Å². The predicted octanol–water partition coefficient (Wildman–Crippen LogP) is 2.79. The van der Waals surface area contributed by atoms with E-state index in [1.807, 2.05) is 12.1 Å². The number of amides is 1. The number of pyridine rings is 1. The van der Waals surface area contributed by atoms with Gasteiger partial charge >= 0.3 is 0 Å². The number of aromatic nitrogens is 1. The van der Waals surface area contributed by atoms with Gasteiger partial charge in [-0.3, -0.25) is 9.69 Å². The number of rotatable bonds is 3. The number of nitrogens with zero attached hydrogens (tertiary/aromatic N) is 3. The van der Waals surface area contributed by atoms with Crippen LogP contribution in [0.4, 0.5) is 0 Å². The zero-order valence-electron chi connectivity index (χ0n) is 16.1. The van der Waals surface area contributed by atoms with E-state index in [1.165, 1.54) is 12.0 Å². The molecule has 6 nitrogen and oxygen atoms in total. The van der Waals surface area contributed by atoms with Crippen LogP contribution in [-0.2, 0) is 11.3 Å². The smallest absolute Gasteiger partial charge is 0.257 e. The molecule has 0 radical (unpaired) electrons. The second-order valence-electron chi connectivity index (χ2n) is 7.95. The zero-order valence-corrected chi connectivity index (χ0v) is 16.1. The first-order valence-electron chi connectivity index (χ1n) is 10.0. The summed E-state index contributed by atoms with van der Waals surface area (Å²) in [6.07, 6.45) is 3.90. The molecule has 1 aromatic heterocycles. The van der Waals surface area contributed by atoms with Gasteiger partial charge in [-0.05, 0) is 36.1 Å². The van der Waals surface area contributed by atoms with Crippen LogP contribution in [0.2, 0.25) is 0 Å². The van der Waals surface area contributed by atoms with Crippen molar-refractivity contribution in [3.63, 3.8) is 0 Å². The summed E-state index contributed by atoms with van der Waals surface area (Å²) in [5, 5.41) is 0. The van der Waals surface area contributed by atoms with Gasteiger partial charge in [-0.2, -0.15) is 0 Å². The van der Waals surface area contributed by atoms with Crippen LogP contribution in [0.25, 0.3) is 0 Å². The van der Waals surface area contributed by atoms with E-state index >= 15 is 0 Å². The Labute approximate surface area is 165 Å². The van der Waals surface area contributed by atoms with Crippen LogP contribution in [0.15, 0.2) is 42.6 Å². The second kappa shape index (κ2) is 7.09. The van der Waals surface area contributed by atoms with Crippen molar-refractivity contribution in [1.29, 1.82) is 0 Å². The number of carbonyl (C=O) groups is 1. The van der Waals surface area contributed by atoms with Crippen molar-refractivity contribution in [1.82, 2.24) is 14.8 Å². The highest BCUT2D eigenvalue weighted by Gasteiger charge is 2.39. The molecule has 0 aliphatic carbocycles. The van der Waals surface area contributed by atoms with E-state index in [0.717, 1.165) is 31.6 Å². The third-order valence-corrected chi connectivity index (χ3v) is 6.16. The van der Waals surface area contributed by atoms with E-state index in [4.69, 9.17) is 9.47 Å². The second-order valence-corrected chi connectivity index (χ2v) is 7.95. The van der Waals surface area contributed by atoms with Crippen molar-refractivity contribution in [2.75, 3.05) is 19.7 Å². The highest BCUT2D eigenvalue weighted by atomic mass is 16.6. The van der Waals surface area contributed by atoms with Crippen LogP contribution in [0.1, 0.15) is 37.0 Å². The average molecular weight is 379 g/mol. The van der Waals surface area contributed by atoms with E-state index in [1.54, 1.807) is 13.1 Å². The molecule has 28 heavy (non-hydrogen) atoms. The lowest BCUT2D eigenvalue weighted by atomic mass is 9.90. The largest absolute Gasteiger partial charge is 0.484 e. The average Bonchev–Trinajstić information content (AvgIpc) is 2.74. The van der Waals surface area contributed by atoms with Gasteiger partial charge in [0.25, 0.3) is 5.88 Å². The third kappa shape index (κ3) is 3.22. The fourth-order valence-corrected chi connectivity index (χ4v) is 4.64. The Bertz CT molecular complexity index is 870. The lowest BCUT2D eigenvalue weighted by molar-refractivity contribution is -0.139. The van der Waals surface area contributed by atoms with Gasteiger partial charge in [-0.1, -0.05) is 24.3 Å². The summed E-state index contributed by atoms with van der Waals surface area (Å²) in [4.78, 5) is 20.6. The quantitative estimate of drug-likeness (QED) is 0.821. The number of hydrogen-bond donors (Lipinski definition) is 0. The lowest BCUT2D eigenvalue weighted by Crippen LogP contribution is -2.63. The van der Waals surface area contributed by atoms with Gasteiger partial charge in [0.2, 0.25) is 5.91 Å². The molecule has 1 unspecified atom stereocenters. The molecule has 1 aromatic carbocycles. The molecule has 3 atom stereocenters. The molecule has 6 rings (SSSR count). The van der Waals surface area contributed by atoms with Crippen LogP contribution < -0.4 is 9.47 Å². The van der Waals surface area contributed by atoms with E-state index < -0.39 is 0 Å². The molecule has 0 saturated carbocycles. The molecule has 0 N–H and O–H groups in total. The molecular weight excluding hydrogens is 354 g/mol. The zero-order chi connectivity index (χ0) is 19.1.